The van der Waals surface area contributed by atoms with Crippen LogP contribution in [0.15, 0.2) is 48.7 Å². The van der Waals surface area contributed by atoms with E-state index >= 15 is 0 Å². The zero-order chi connectivity index (χ0) is 22.7. The van der Waals surface area contributed by atoms with Gasteiger partial charge in [-0.3, -0.25) is 9.78 Å². The maximum atomic E-state index is 12.5. The molecule has 0 unspecified atom stereocenters. The third-order valence-electron chi connectivity index (χ3n) is 4.51. The van der Waals surface area contributed by atoms with Gasteiger partial charge in [0.15, 0.2) is 5.01 Å². The smallest absolute Gasteiger partial charge is 0.294 e. The first-order valence-corrected chi connectivity index (χ1v) is 10.6. The Labute approximate surface area is 193 Å². The lowest BCUT2D eigenvalue weighted by atomic mass is 9.94. The molecule has 3 heterocycles. The predicted octanol–water partition coefficient (Wildman–Crippen LogP) is 4.28. The molecule has 9 heteroatoms. The van der Waals surface area contributed by atoms with Crippen molar-refractivity contribution >= 4 is 28.8 Å². The number of nitrogens with zero attached hydrogens (tertiary/aromatic N) is 4. The zero-order valence-corrected chi connectivity index (χ0v) is 18.4. The molecule has 1 aromatic carbocycles. The number of benzene rings is 1. The van der Waals surface area contributed by atoms with Crippen molar-refractivity contribution < 1.29 is 9.53 Å². The summed E-state index contributed by atoms with van der Waals surface area (Å²) in [6.45, 7) is 2.01. The van der Waals surface area contributed by atoms with E-state index in [4.69, 9.17) is 28.5 Å². The van der Waals surface area contributed by atoms with Crippen LogP contribution in [0, 0.1) is 19.3 Å². The fourth-order valence-corrected chi connectivity index (χ4v) is 3.93. The summed E-state index contributed by atoms with van der Waals surface area (Å²) >= 11 is 7.00. The lowest BCUT2D eigenvalue weighted by Gasteiger charge is -2.13. The summed E-state index contributed by atoms with van der Waals surface area (Å²) in [6.07, 6.45) is 7.20. The second-order valence-electron chi connectivity index (χ2n) is 6.72. The first-order valence-electron chi connectivity index (χ1n) is 9.41. The molecule has 0 radical (unpaired) electrons. The number of halogens is 1. The molecule has 4 rings (SSSR count). The number of amides is 1. The normalized spacial score (nSPS) is 10.5. The van der Waals surface area contributed by atoms with Crippen molar-refractivity contribution in [1.82, 2.24) is 20.2 Å². The molecule has 7 nitrogen and oxygen atoms in total. The highest BCUT2D eigenvalue weighted by atomic mass is 35.5. The highest BCUT2D eigenvalue weighted by Crippen LogP contribution is 2.36. The van der Waals surface area contributed by atoms with Crippen molar-refractivity contribution in [3.8, 4) is 39.4 Å². The van der Waals surface area contributed by atoms with Gasteiger partial charge in [-0.25, -0.2) is 4.98 Å². The van der Waals surface area contributed by atoms with Gasteiger partial charge in [-0.2, -0.15) is 0 Å². The summed E-state index contributed by atoms with van der Waals surface area (Å²) in [5.74, 6) is 2.01. The van der Waals surface area contributed by atoms with E-state index in [1.54, 1.807) is 24.3 Å². The Hall–Kier alpha value is -3.80. The molecule has 158 valence electrons. The van der Waals surface area contributed by atoms with E-state index in [-0.39, 0.29) is 12.2 Å². The first-order chi connectivity index (χ1) is 15.5. The number of aryl methyl sites for hydroxylation is 1. The van der Waals surface area contributed by atoms with Crippen LogP contribution in [0.2, 0.25) is 5.02 Å². The summed E-state index contributed by atoms with van der Waals surface area (Å²) in [4.78, 5) is 21.2. The molecule has 0 spiro atoms. The molecule has 0 aliphatic carbocycles. The van der Waals surface area contributed by atoms with E-state index in [0.717, 1.165) is 11.3 Å². The number of rotatable bonds is 6. The minimum Gasteiger partial charge on any atom is -0.462 e. The third-order valence-corrected chi connectivity index (χ3v) is 5.57. The monoisotopic (exact) mass is 461 g/mol. The lowest BCUT2D eigenvalue weighted by Crippen LogP contribution is -2.15. The van der Waals surface area contributed by atoms with E-state index < -0.39 is 5.91 Å². The first kappa shape index (κ1) is 21.4. The van der Waals surface area contributed by atoms with E-state index in [1.807, 2.05) is 25.1 Å². The average molecular weight is 462 g/mol. The number of ether oxygens (including phenoxy) is 1. The van der Waals surface area contributed by atoms with E-state index in [2.05, 4.69) is 26.1 Å². The molecule has 0 bridgehead atoms. The van der Waals surface area contributed by atoms with Crippen molar-refractivity contribution in [2.45, 2.75) is 13.5 Å². The standard InChI is InChI=1S/C23H16ClN5O2S/c1-3-14-6-4-5-7-17(14)18-10-13(2)27-20(19(18)21(25)30)22-28-29-23(32-22)31-12-16-9-8-15(24)11-26-16/h1,4-11H,12H2,2H3,(H2,25,30). The summed E-state index contributed by atoms with van der Waals surface area (Å²) in [7, 11) is 0. The van der Waals surface area contributed by atoms with Crippen LogP contribution in [0.1, 0.15) is 27.3 Å². The molecular weight excluding hydrogens is 446 g/mol. The molecule has 0 atom stereocenters. The Morgan fingerprint density at radius 2 is 2.03 bits per heavy atom. The second kappa shape index (κ2) is 9.14. The largest absolute Gasteiger partial charge is 0.462 e. The molecule has 3 aromatic heterocycles. The van der Waals surface area contributed by atoms with Gasteiger partial charge in [0.1, 0.15) is 12.3 Å². The number of hydrogen-bond donors (Lipinski definition) is 1. The minimum atomic E-state index is -0.641. The van der Waals surface area contributed by atoms with E-state index in [9.17, 15) is 4.79 Å². The van der Waals surface area contributed by atoms with Gasteiger partial charge in [-0.1, -0.05) is 52.2 Å². The number of carbonyl (C=O) groups is 1. The number of aromatic nitrogens is 4. The topological polar surface area (TPSA) is 104 Å². The van der Waals surface area contributed by atoms with Crippen molar-refractivity contribution in [3.63, 3.8) is 0 Å². The van der Waals surface area contributed by atoms with Gasteiger partial charge in [0, 0.05) is 17.5 Å². The van der Waals surface area contributed by atoms with Gasteiger partial charge in [-0.15, -0.1) is 11.5 Å². The second-order valence-corrected chi connectivity index (χ2v) is 8.10. The Morgan fingerprint density at radius 3 is 2.75 bits per heavy atom. The fraction of sp³-hybridized carbons (Fsp3) is 0.0870. The zero-order valence-electron chi connectivity index (χ0n) is 16.9. The molecule has 32 heavy (non-hydrogen) atoms. The Balaban J connectivity index is 1.73. The van der Waals surface area contributed by atoms with Crippen molar-refractivity contribution in [1.29, 1.82) is 0 Å². The highest BCUT2D eigenvalue weighted by Gasteiger charge is 2.23. The Kier molecular flexibility index (Phi) is 6.12. The average Bonchev–Trinajstić information content (AvgIpc) is 3.27. The molecule has 0 saturated carbocycles. The van der Waals surface area contributed by atoms with Gasteiger partial charge in [0.25, 0.3) is 11.1 Å². The highest BCUT2D eigenvalue weighted by molar-refractivity contribution is 7.16. The van der Waals surface area contributed by atoms with E-state index in [0.29, 0.717) is 49.0 Å². The number of hydrogen-bond acceptors (Lipinski definition) is 7. The van der Waals surface area contributed by atoms with Crippen LogP contribution in [0.4, 0.5) is 0 Å². The SMILES string of the molecule is C#Cc1ccccc1-c1cc(C)nc(-c2nnc(OCc3ccc(Cl)cn3)s2)c1C(N)=O. The van der Waals surface area contributed by atoms with Gasteiger partial charge in [0.2, 0.25) is 0 Å². The fourth-order valence-electron chi connectivity index (χ4n) is 3.12. The number of nitrogens with two attached hydrogens (primary N) is 1. The molecule has 1 amide bonds. The molecule has 2 N–H and O–H groups in total. The number of pyridine rings is 2. The lowest BCUT2D eigenvalue weighted by molar-refractivity contribution is 0.100. The molecule has 0 aliphatic heterocycles. The van der Waals surface area contributed by atoms with Crippen LogP contribution in [-0.2, 0) is 6.61 Å². The maximum absolute atomic E-state index is 12.5. The maximum Gasteiger partial charge on any atom is 0.294 e. The van der Waals surface area contributed by atoms with Crippen LogP contribution in [-0.4, -0.2) is 26.1 Å². The van der Waals surface area contributed by atoms with Crippen LogP contribution in [0.3, 0.4) is 0 Å². The van der Waals surface area contributed by atoms with Crippen LogP contribution in [0.5, 0.6) is 5.19 Å². The number of terminal acetylenes is 1. The minimum absolute atomic E-state index is 0.191. The van der Waals surface area contributed by atoms with Crippen LogP contribution < -0.4 is 10.5 Å². The summed E-state index contributed by atoms with van der Waals surface area (Å²) in [5.41, 5.74) is 9.62. The van der Waals surface area contributed by atoms with Crippen LogP contribution >= 0.6 is 22.9 Å². The molecule has 0 aliphatic rings. The Morgan fingerprint density at radius 1 is 1.22 bits per heavy atom. The molecular formula is C23H16ClN5O2S. The number of carbonyl (C=O) groups excluding carboxylic acids is 1. The molecule has 0 fully saturated rings. The predicted molar refractivity (Wildman–Crippen MR) is 123 cm³/mol. The number of primary amides is 1. The van der Waals surface area contributed by atoms with Crippen molar-refractivity contribution in [3.05, 3.63) is 76.2 Å². The van der Waals surface area contributed by atoms with Crippen molar-refractivity contribution in [2.24, 2.45) is 5.73 Å². The summed E-state index contributed by atoms with van der Waals surface area (Å²) in [5, 5.41) is 9.48. The quantitative estimate of drug-likeness (QED) is 0.430. The third kappa shape index (κ3) is 4.44. The van der Waals surface area contributed by atoms with Gasteiger partial charge in [-0.05, 0) is 42.3 Å². The van der Waals surface area contributed by atoms with Crippen LogP contribution in [0.25, 0.3) is 21.8 Å². The molecule has 0 saturated heterocycles. The van der Waals surface area contributed by atoms with Gasteiger partial charge in [0.05, 0.1) is 16.3 Å². The summed E-state index contributed by atoms with van der Waals surface area (Å²) < 4.78 is 5.68. The van der Waals surface area contributed by atoms with Crippen molar-refractivity contribution in [2.75, 3.05) is 0 Å². The van der Waals surface area contributed by atoms with E-state index in [1.165, 1.54) is 6.20 Å². The summed E-state index contributed by atoms with van der Waals surface area (Å²) in [6, 6.07) is 12.6. The van der Waals surface area contributed by atoms with Gasteiger partial charge < -0.3 is 10.5 Å². The van der Waals surface area contributed by atoms with Gasteiger partial charge >= 0.3 is 0 Å². The Bertz CT molecular complexity index is 1350. The molecule has 4 aromatic rings.